The predicted octanol–water partition coefficient (Wildman–Crippen LogP) is 13.5. The highest BCUT2D eigenvalue weighted by atomic mass is 35.5. The molecule has 4 aliphatic heterocycles. The zero-order valence-corrected chi connectivity index (χ0v) is 57.6. The summed E-state index contributed by atoms with van der Waals surface area (Å²) in [5, 5.41) is 25.8. The number of ether oxygens (including phenoxy) is 2. The lowest BCUT2D eigenvalue weighted by Crippen LogP contribution is -2.56. The molecule has 1 N–H and O–H groups in total. The van der Waals surface area contributed by atoms with Gasteiger partial charge in [-0.25, -0.2) is 22.3 Å². The number of β-amino-alcohol motifs (C(OH)–C–C–N with tert-alkyl or cyclic N) is 1. The number of ketones is 1. The Hall–Kier alpha value is -5.95. The summed E-state index contributed by atoms with van der Waals surface area (Å²) >= 11 is 12.8. The first-order valence-electron chi connectivity index (χ1n) is 31.7. The maximum Gasteiger partial charge on any atom is 0.410 e. The third-order valence-corrected chi connectivity index (χ3v) is 23.9. The average molecular weight is 1310 g/mol. The van der Waals surface area contributed by atoms with Gasteiger partial charge in [0.05, 0.1) is 39.2 Å². The van der Waals surface area contributed by atoms with Gasteiger partial charge in [-0.2, -0.15) is 5.26 Å². The van der Waals surface area contributed by atoms with E-state index in [4.69, 9.17) is 39.0 Å². The zero-order chi connectivity index (χ0) is 65.6. The van der Waals surface area contributed by atoms with Crippen LogP contribution in [0.4, 0.5) is 15.3 Å². The third kappa shape index (κ3) is 20.0. The summed E-state index contributed by atoms with van der Waals surface area (Å²) in [5.74, 6) is 0.953. The molecule has 0 unspecified atom stereocenters. The number of allylic oxidation sites excluding steroid dienone is 1. The number of hydrogen-bond acceptors (Lipinski definition) is 11. The Bertz CT molecular complexity index is 3220. The number of rotatable bonds is 12. The first-order valence-corrected chi connectivity index (χ1v) is 35.9. The van der Waals surface area contributed by atoms with Gasteiger partial charge in [0.15, 0.2) is 0 Å². The molecule has 10 rings (SSSR count). The molecule has 0 aromatic heterocycles. The second-order valence-corrected chi connectivity index (χ2v) is 33.0. The molecule has 486 valence electrons. The molecule has 1 saturated carbocycles. The summed E-state index contributed by atoms with van der Waals surface area (Å²) in [6, 6.07) is 47.3. The van der Waals surface area contributed by atoms with E-state index in [-0.39, 0.29) is 41.1 Å². The highest BCUT2D eigenvalue weighted by Crippen LogP contribution is 2.42. The number of nitriles is 1. The van der Waals surface area contributed by atoms with Crippen molar-refractivity contribution < 1.29 is 37.4 Å². The standard InChI is InChI=1S/C28H34Cl2N4O3S.C19H17P.C13H23NO2.C12H21NO3/c1-28(35,22-10-12-33(13-11-22)38(36,37)24-7-8-24)19-32-14-15-34(26-9-2-20(17-31)16-25(26)30)27(18-32)21-3-5-23(29)6-4-21;1-20(17-11-5-2-6-12-17,18-13-7-3-8-14-18)19-15-9-4-10-16-19;1-10(2)11-6-8-14(9-7-11)12(15)16-13(3,4)5;1-9(14)10-5-7-13(8-6-10)11(15)16-12(2,3)4/h2-6,9,16,22,24,27,35H,7-8,10-15,18-19H2,1H3;2-16H,1H2;11H,1,6-9H2,2-5H3;10H,5-8H2,1-4H3/t27-,28+;;;/m0.../s1. The van der Waals surface area contributed by atoms with Gasteiger partial charge in [-0.05, 0) is 184 Å². The van der Waals surface area contributed by atoms with E-state index >= 15 is 0 Å². The van der Waals surface area contributed by atoms with E-state index in [1.54, 1.807) is 33.2 Å². The number of amides is 2. The number of nitrogens with zero attached hydrogens (tertiary/aromatic N) is 6. The second-order valence-electron chi connectivity index (χ2n) is 26.8. The topological polar surface area (TPSA) is 164 Å². The number of piperidine rings is 3. The van der Waals surface area contributed by atoms with Crippen molar-refractivity contribution in [1.82, 2.24) is 19.0 Å². The summed E-state index contributed by atoms with van der Waals surface area (Å²) in [6.07, 6.45) is 10.6. The largest absolute Gasteiger partial charge is 0.444 e. The molecule has 18 heteroatoms. The van der Waals surface area contributed by atoms with Crippen LogP contribution in [0.3, 0.4) is 0 Å². The molecule has 4 saturated heterocycles. The Labute approximate surface area is 547 Å². The monoisotopic (exact) mass is 1300 g/mol. The van der Waals surface area contributed by atoms with Gasteiger partial charge in [-0.3, -0.25) is 9.69 Å². The lowest BCUT2D eigenvalue weighted by Gasteiger charge is -2.47. The van der Waals surface area contributed by atoms with Crippen molar-refractivity contribution in [3.8, 4) is 6.07 Å². The average Bonchev–Trinajstić information content (AvgIpc) is 0.891. The first-order chi connectivity index (χ1) is 42.5. The van der Waals surface area contributed by atoms with Gasteiger partial charge >= 0.3 is 12.2 Å². The maximum absolute atomic E-state index is 12.6. The number of benzene rings is 5. The summed E-state index contributed by atoms with van der Waals surface area (Å²) in [7, 11) is -3.17. The van der Waals surface area contributed by atoms with E-state index in [2.05, 4.69) is 120 Å². The number of sulfonamides is 1. The van der Waals surface area contributed by atoms with Crippen molar-refractivity contribution in [2.45, 2.75) is 142 Å². The number of Topliss-reactive ketones (excluding diaryl/α,β-unsaturated/α-hetero) is 1. The smallest absolute Gasteiger partial charge is 0.410 e. The van der Waals surface area contributed by atoms with Crippen LogP contribution < -0.4 is 20.8 Å². The van der Waals surface area contributed by atoms with E-state index < -0.39 is 33.7 Å². The number of hydrogen-bond donors (Lipinski definition) is 1. The van der Waals surface area contributed by atoms with E-state index in [9.17, 15) is 33.2 Å². The van der Waals surface area contributed by atoms with Gasteiger partial charge in [-0.15, -0.1) is 0 Å². The predicted molar refractivity (Wildman–Crippen MR) is 370 cm³/mol. The Morgan fingerprint density at radius 1 is 0.633 bits per heavy atom. The zero-order valence-electron chi connectivity index (χ0n) is 54.3. The molecule has 5 fully saturated rings. The molecule has 14 nitrogen and oxygen atoms in total. The van der Waals surface area contributed by atoms with Crippen LogP contribution in [0, 0.1) is 29.1 Å². The first kappa shape index (κ1) is 71.5. The molecule has 0 spiro atoms. The fraction of sp³-hybridized carbons (Fsp3) is 0.486. The molecule has 2 amide bonds. The molecular formula is C72H95Cl2N6O8PS. The van der Waals surface area contributed by atoms with Crippen molar-refractivity contribution in [2.24, 2.45) is 17.8 Å². The minimum absolute atomic E-state index is 0.0206. The van der Waals surface area contributed by atoms with Crippen LogP contribution in [0.5, 0.6) is 0 Å². The molecule has 5 aliphatic rings. The molecule has 4 heterocycles. The Balaban J connectivity index is 0.000000187. The van der Waals surface area contributed by atoms with Crippen LogP contribution in [-0.4, -0.2) is 144 Å². The highest BCUT2D eigenvalue weighted by molar-refractivity contribution is 7.93. The van der Waals surface area contributed by atoms with Gasteiger partial charge in [-0.1, -0.05) is 145 Å². The van der Waals surface area contributed by atoms with Gasteiger partial charge in [0.25, 0.3) is 0 Å². The molecule has 90 heavy (non-hydrogen) atoms. The summed E-state index contributed by atoms with van der Waals surface area (Å²) in [5.41, 5.74) is 1.93. The van der Waals surface area contributed by atoms with E-state index in [1.165, 1.54) is 21.5 Å². The van der Waals surface area contributed by atoms with Crippen molar-refractivity contribution >= 4 is 86.0 Å². The summed E-state index contributed by atoms with van der Waals surface area (Å²) in [4.78, 5) is 42.7. The second kappa shape index (κ2) is 31.6. The van der Waals surface area contributed by atoms with Crippen LogP contribution in [0.25, 0.3) is 0 Å². The Kier molecular flexibility index (Phi) is 25.1. The van der Waals surface area contributed by atoms with Crippen LogP contribution in [0.1, 0.15) is 131 Å². The molecule has 5 aromatic rings. The van der Waals surface area contributed by atoms with Crippen molar-refractivity contribution in [3.63, 3.8) is 0 Å². The fourth-order valence-electron chi connectivity index (χ4n) is 12.1. The maximum atomic E-state index is 12.6. The van der Waals surface area contributed by atoms with E-state index in [0.29, 0.717) is 80.2 Å². The van der Waals surface area contributed by atoms with Crippen LogP contribution in [-0.2, 0) is 24.3 Å². The number of likely N-dealkylation sites (tertiary alicyclic amines) is 2. The quantitative estimate of drug-likeness (QED) is 0.0934. The van der Waals surface area contributed by atoms with Crippen molar-refractivity contribution in [2.75, 3.05) is 70.3 Å². The van der Waals surface area contributed by atoms with Gasteiger partial charge in [0.2, 0.25) is 10.0 Å². The minimum Gasteiger partial charge on any atom is -0.444 e. The van der Waals surface area contributed by atoms with E-state index in [1.807, 2.05) is 78.8 Å². The number of piperazine rings is 1. The van der Waals surface area contributed by atoms with Crippen LogP contribution in [0.15, 0.2) is 146 Å². The van der Waals surface area contributed by atoms with Gasteiger partial charge < -0.3 is 29.3 Å². The fourth-order valence-corrected chi connectivity index (χ4v) is 17.3. The van der Waals surface area contributed by atoms with Gasteiger partial charge in [0.1, 0.15) is 17.0 Å². The number of aliphatic hydroxyl groups is 1. The normalized spacial score (nSPS) is 19.0. The van der Waals surface area contributed by atoms with Crippen molar-refractivity contribution in [1.29, 1.82) is 5.26 Å². The van der Waals surface area contributed by atoms with Crippen LogP contribution in [0.2, 0.25) is 10.0 Å². The number of carbonyl (C=O) groups is 3. The Morgan fingerprint density at radius 2 is 1.09 bits per heavy atom. The third-order valence-electron chi connectivity index (χ3n) is 17.4. The molecule has 0 radical (unpaired) electrons. The van der Waals surface area contributed by atoms with Crippen molar-refractivity contribution in [3.05, 3.63) is 167 Å². The van der Waals surface area contributed by atoms with Crippen LogP contribution >= 0.6 is 30.1 Å². The lowest BCUT2D eigenvalue weighted by molar-refractivity contribution is -0.122. The highest BCUT2D eigenvalue weighted by Gasteiger charge is 2.45. The number of carbonyl (C=O) groups excluding carboxylic acids is 3. The van der Waals surface area contributed by atoms with Gasteiger partial charge in [0, 0.05) is 76.4 Å². The number of anilines is 1. The minimum atomic E-state index is -3.17. The molecule has 2 atom stereocenters. The lowest BCUT2D eigenvalue weighted by atomic mass is 9.81. The molecule has 0 bridgehead atoms. The summed E-state index contributed by atoms with van der Waals surface area (Å²) < 4.78 is 37.5. The molecule has 5 aromatic carbocycles. The summed E-state index contributed by atoms with van der Waals surface area (Å²) in [6.45, 7) is 25.4. The Morgan fingerprint density at radius 3 is 1.49 bits per heavy atom. The van der Waals surface area contributed by atoms with E-state index in [0.717, 1.165) is 69.4 Å². The number of halogens is 2. The SMILES string of the molecule is C=C(C)C1CCN(C(=O)OC(C)(C)C)CC1.C=P(c1ccccc1)(c1ccccc1)c1ccccc1.CC(=O)C1CCN(C(=O)OC(C)(C)C)CC1.C[C@@](O)(CN1CCN(c2ccc(C#N)cc2Cl)[C@H](c2ccc(Cl)cc2)C1)C1CCN(S(=O)(=O)C2CC2)CC1. The molecular weight excluding hydrogens is 1210 g/mol. The molecule has 1 aliphatic carbocycles.